The standard InChI is InChI=1S/C13H18N4OS/c1-9-4-3-5-10(8-9)16(2)13-15-17-11(18)6-7-14-12(17)19-13/h6-7,9-10H,3-5,8H2,1-2H3/t9-,10+/m0/s1. The van der Waals surface area contributed by atoms with Crippen LogP contribution >= 0.6 is 11.3 Å². The molecular formula is C13H18N4OS. The van der Waals surface area contributed by atoms with E-state index in [9.17, 15) is 4.79 Å². The smallest absolute Gasteiger partial charge is 0.275 e. The second-order valence-electron chi connectivity index (χ2n) is 5.40. The molecule has 0 saturated heterocycles. The maximum atomic E-state index is 11.7. The van der Waals surface area contributed by atoms with Gasteiger partial charge in [0.25, 0.3) is 5.56 Å². The quantitative estimate of drug-likeness (QED) is 0.844. The first-order valence-corrected chi connectivity index (χ1v) is 7.54. The van der Waals surface area contributed by atoms with Gasteiger partial charge in [-0.15, -0.1) is 5.10 Å². The molecule has 1 aliphatic carbocycles. The number of rotatable bonds is 2. The Bertz CT molecular complexity index is 635. The number of hydrogen-bond donors (Lipinski definition) is 0. The number of hydrogen-bond acceptors (Lipinski definition) is 5. The van der Waals surface area contributed by atoms with Crippen molar-refractivity contribution in [3.63, 3.8) is 0 Å². The molecule has 6 heteroatoms. The zero-order valence-corrected chi connectivity index (χ0v) is 12.1. The van der Waals surface area contributed by atoms with Gasteiger partial charge in [-0.2, -0.15) is 4.52 Å². The fraction of sp³-hybridized carbons (Fsp3) is 0.615. The summed E-state index contributed by atoms with van der Waals surface area (Å²) < 4.78 is 1.39. The van der Waals surface area contributed by atoms with Crippen LogP contribution in [0.25, 0.3) is 4.96 Å². The highest BCUT2D eigenvalue weighted by atomic mass is 32.1. The lowest BCUT2D eigenvalue weighted by molar-refractivity contribution is 0.336. The van der Waals surface area contributed by atoms with Gasteiger partial charge in [0.15, 0.2) is 0 Å². The highest BCUT2D eigenvalue weighted by molar-refractivity contribution is 7.20. The van der Waals surface area contributed by atoms with E-state index in [1.807, 2.05) is 0 Å². The Labute approximate surface area is 115 Å². The molecule has 0 spiro atoms. The highest BCUT2D eigenvalue weighted by Gasteiger charge is 2.24. The zero-order valence-electron chi connectivity index (χ0n) is 11.2. The van der Waals surface area contributed by atoms with Crippen molar-refractivity contribution in [1.29, 1.82) is 0 Å². The van der Waals surface area contributed by atoms with Gasteiger partial charge in [-0.25, -0.2) is 4.98 Å². The topological polar surface area (TPSA) is 50.5 Å². The van der Waals surface area contributed by atoms with Crippen LogP contribution in [0.1, 0.15) is 32.6 Å². The third-order valence-corrected chi connectivity index (χ3v) is 4.93. The van der Waals surface area contributed by atoms with Crippen LogP contribution in [0, 0.1) is 5.92 Å². The molecular weight excluding hydrogens is 260 g/mol. The summed E-state index contributed by atoms with van der Waals surface area (Å²) in [5.74, 6) is 0.774. The van der Waals surface area contributed by atoms with Crippen molar-refractivity contribution in [3.8, 4) is 0 Å². The SMILES string of the molecule is C[C@H]1CCC[C@@H](N(C)c2nn3c(=O)ccnc3s2)C1. The third kappa shape index (κ3) is 2.36. The van der Waals surface area contributed by atoms with E-state index in [1.54, 1.807) is 6.20 Å². The van der Waals surface area contributed by atoms with Crippen molar-refractivity contribution in [3.05, 3.63) is 22.6 Å². The molecule has 0 aromatic carbocycles. The van der Waals surface area contributed by atoms with E-state index >= 15 is 0 Å². The van der Waals surface area contributed by atoms with E-state index in [2.05, 4.69) is 29.0 Å². The molecule has 0 amide bonds. The van der Waals surface area contributed by atoms with Crippen LogP contribution in [0.4, 0.5) is 5.13 Å². The fourth-order valence-corrected chi connectivity index (χ4v) is 3.70. The van der Waals surface area contributed by atoms with Gasteiger partial charge in [0.05, 0.1) is 0 Å². The van der Waals surface area contributed by atoms with Crippen molar-refractivity contribution < 1.29 is 0 Å². The van der Waals surface area contributed by atoms with Crippen LogP contribution in [0.15, 0.2) is 17.1 Å². The third-order valence-electron chi connectivity index (χ3n) is 3.92. The van der Waals surface area contributed by atoms with Crippen LogP contribution in [0.2, 0.25) is 0 Å². The minimum atomic E-state index is -0.113. The average molecular weight is 278 g/mol. The lowest BCUT2D eigenvalue weighted by Crippen LogP contribution is -2.35. The van der Waals surface area contributed by atoms with E-state index in [0.29, 0.717) is 11.0 Å². The largest absolute Gasteiger partial charge is 0.347 e. The normalized spacial score (nSPS) is 23.7. The van der Waals surface area contributed by atoms with Crippen molar-refractivity contribution >= 4 is 21.4 Å². The first-order valence-electron chi connectivity index (χ1n) is 6.73. The van der Waals surface area contributed by atoms with Crippen molar-refractivity contribution in [2.45, 2.75) is 38.6 Å². The molecule has 2 atom stereocenters. The summed E-state index contributed by atoms with van der Waals surface area (Å²) in [6, 6.07) is 1.97. The van der Waals surface area contributed by atoms with Gasteiger partial charge < -0.3 is 4.90 Å². The van der Waals surface area contributed by atoms with Crippen LogP contribution in [0.5, 0.6) is 0 Å². The Morgan fingerprint density at radius 1 is 1.47 bits per heavy atom. The highest BCUT2D eigenvalue weighted by Crippen LogP contribution is 2.31. The Morgan fingerprint density at radius 2 is 2.32 bits per heavy atom. The predicted molar refractivity (Wildman–Crippen MR) is 77.0 cm³/mol. The molecule has 0 radical (unpaired) electrons. The molecule has 3 rings (SSSR count). The van der Waals surface area contributed by atoms with Crippen LogP contribution in [-0.2, 0) is 0 Å². The summed E-state index contributed by atoms with van der Waals surface area (Å²) in [7, 11) is 2.07. The Balaban J connectivity index is 1.91. The Kier molecular flexibility index (Phi) is 3.26. The molecule has 0 N–H and O–H groups in total. The van der Waals surface area contributed by atoms with Crippen LogP contribution in [-0.4, -0.2) is 27.7 Å². The van der Waals surface area contributed by atoms with Gasteiger partial charge in [0.2, 0.25) is 10.1 Å². The summed E-state index contributed by atoms with van der Waals surface area (Å²) in [5.41, 5.74) is -0.113. The monoisotopic (exact) mass is 278 g/mol. The lowest BCUT2D eigenvalue weighted by atomic mass is 9.86. The van der Waals surface area contributed by atoms with Gasteiger partial charge in [-0.3, -0.25) is 4.79 Å². The lowest BCUT2D eigenvalue weighted by Gasteiger charge is -2.33. The molecule has 0 aliphatic heterocycles. The second-order valence-corrected chi connectivity index (χ2v) is 6.33. The number of fused-ring (bicyclic) bond motifs is 1. The molecule has 2 aromatic heterocycles. The molecule has 0 bridgehead atoms. The fourth-order valence-electron chi connectivity index (χ4n) is 2.79. The summed E-state index contributed by atoms with van der Waals surface area (Å²) in [6.45, 7) is 2.31. The average Bonchev–Trinajstić information content (AvgIpc) is 2.83. The maximum absolute atomic E-state index is 11.7. The molecule has 1 saturated carbocycles. The Hall–Kier alpha value is -1.43. The van der Waals surface area contributed by atoms with Crippen LogP contribution in [0.3, 0.4) is 0 Å². The van der Waals surface area contributed by atoms with E-state index in [-0.39, 0.29) is 5.56 Å². The van der Waals surface area contributed by atoms with Gasteiger partial charge in [0.1, 0.15) is 0 Å². The molecule has 1 fully saturated rings. The molecule has 5 nitrogen and oxygen atoms in total. The number of nitrogens with zero attached hydrogens (tertiary/aromatic N) is 4. The predicted octanol–water partition coefficient (Wildman–Crippen LogP) is 2.17. The van der Waals surface area contributed by atoms with Gasteiger partial charge in [0, 0.05) is 25.4 Å². The number of anilines is 1. The van der Waals surface area contributed by atoms with E-state index in [0.717, 1.165) is 11.0 Å². The molecule has 1 aliphatic rings. The summed E-state index contributed by atoms with van der Waals surface area (Å²) >= 11 is 1.48. The van der Waals surface area contributed by atoms with E-state index < -0.39 is 0 Å². The molecule has 2 aromatic rings. The van der Waals surface area contributed by atoms with Crippen molar-refractivity contribution in [1.82, 2.24) is 14.6 Å². The summed E-state index contributed by atoms with van der Waals surface area (Å²) in [6.07, 6.45) is 6.56. The van der Waals surface area contributed by atoms with E-state index in [4.69, 9.17) is 0 Å². The van der Waals surface area contributed by atoms with E-state index in [1.165, 1.54) is 47.6 Å². The molecule has 0 unspecified atom stereocenters. The summed E-state index contributed by atoms with van der Waals surface area (Å²) in [4.78, 5) is 18.8. The zero-order chi connectivity index (χ0) is 13.4. The van der Waals surface area contributed by atoms with Gasteiger partial charge in [-0.05, 0) is 18.8 Å². The first-order chi connectivity index (χ1) is 9.15. The van der Waals surface area contributed by atoms with Crippen molar-refractivity contribution in [2.24, 2.45) is 5.92 Å². The maximum Gasteiger partial charge on any atom is 0.275 e. The van der Waals surface area contributed by atoms with Gasteiger partial charge in [-0.1, -0.05) is 31.1 Å². The minimum absolute atomic E-state index is 0.113. The van der Waals surface area contributed by atoms with Gasteiger partial charge >= 0.3 is 0 Å². The molecule has 2 heterocycles. The molecule has 102 valence electrons. The first kappa shape index (κ1) is 12.6. The summed E-state index contributed by atoms with van der Waals surface area (Å²) in [5, 5.41) is 5.28. The second kappa shape index (κ2) is 4.92. The van der Waals surface area contributed by atoms with Crippen molar-refractivity contribution in [2.75, 3.05) is 11.9 Å². The minimum Gasteiger partial charge on any atom is -0.347 e. The molecule has 19 heavy (non-hydrogen) atoms. The van der Waals surface area contributed by atoms with Crippen LogP contribution < -0.4 is 10.5 Å². The number of aromatic nitrogens is 3. The Morgan fingerprint density at radius 3 is 3.05 bits per heavy atom.